The number of para-hydroxylation sites is 1. The minimum absolute atomic E-state index is 0.643. The Morgan fingerprint density at radius 1 is 1.08 bits per heavy atom. The highest BCUT2D eigenvalue weighted by Crippen LogP contribution is 2.30. The summed E-state index contributed by atoms with van der Waals surface area (Å²) < 4.78 is 0. The molecule has 0 aliphatic heterocycles. The first-order valence-corrected chi connectivity index (χ1v) is 8.47. The third kappa shape index (κ3) is 2.67. The van der Waals surface area contributed by atoms with Gasteiger partial charge in [-0.1, -0.05) is 30.0 Å². The van der Waals surface area contributed by atoms with Crippen LogP contribution in [0.3, 0.4) is 0 Å². The van der Waals surface area contributed by atoms with Crippen molar-refractivity contribution in [3.63, 3.8) is 0 Å². The van der Waals surface area contributed by atoms with Crippen molar-refractivity contribution < 1.29 is 0 Å². The van der Waals surface area contributed by atoms with Gasteiger partial charge in [-0.05, 0) is 24.5 Å². The average molecular weight is 335 g/mol. The predicted octanol–water partition coefficient (Wildman–Crippen LogP) is 3.28. The fourth-order valence-corrected chi connectivity index (χ4v) is 2.76. The number of aromatic nitrogens is 6. The van der Waals surface area contributed by atoms with E-state index in [4.69, 9.17) is 0 Å². The lowest BCUT2D eigenvalue weighted by atomic mass is 10.1. The molecule has 4 aromatic rings. The summed E-state index contributed by atoms with van der Waals surface area (Å²) in [5, 5.41) is 20.0. The molecule has 0 saturated carbocycles. The normalized spacial score (nSPS) is 10.9. The average Bonchev–Trinajstić information content (AvgIpc) is 3.05. The molecule has 0 bridgehead atoms. The number of nitrogens with zero attached hydrogens (tertiary/aromatic N) is 5. The van der Waals surface area contributed by atoms with E-state index in [0.29, 0.717) is 11.5 Å². The van der Waals surface area contributed by atoms with Gasteiger partial charge in [-0.25, -0.2) is 9.97 Å². The molecule has 8 heteroatoms. The van der Waals surface area contributed by atoms with Crippen LogP contribution in [-0.2, 0) is 0 Å². The lowest BCUT2D eigenvalue weighted by Crippen LogP contribution is -1.96. The summed E-state index contributed by atoms with van der Waals surface area (Å²) in [4.78, 5) is 8.80. The maximum atomic E-state index is 4.58. The molecule has 118 valence electrons. The Labute approximate surface area is 142 Å². The first kappa shape index (κ1) is 14.6. The number of fused-ring (bicyclic) bond motifs is 1. The van der Waals surface area contributed by atoms with E-state index in [1.807, 2.05) is 42.7 Å². The van der Waals surface area contributed by atoms with Crippen LogP contribution in [0.5, 0.6) is 0 Å². The number of H-pyrrole nitrogens is 1. The Kier molecular flexibility index (Phi) is 3.80. The largest absolute Gasteiger partial charge is 0.338 e. The van der Waals surface area contributed by atoms with E-state index in [-0.39, 0.29) is 0 Å². The van der Waals surface area contributed by atoms with Crippen molar-refractivity contribution in [2.24, 2.45) is 0 Å². The Hall–Kier alpha value is -3.00. The molecule has 3 aromatic heterocycles. The zero-order chi connectivity index (χ0) is 16.4. The van der Waals surface area contributed by atoms with Crippen LogP contribution >= 0.6 is 11.8 Å². The van der Waals surface area contributed by atoms with Crippen LogP contribution in [0.1, 0.15) is 0 Å². The zero-order valence-corrected chi connectivity index (χ0v) is 13.6. The third-order valence-electron chi connectivity index (χ3n) is 3.52. The third-order valence-corrected chi connectivity index (χ3v) is 4.08. The number of benzene rings is 1. The van der Waals surface area contributed by atoms with Crippen LogP contribution in [0, 0.1) is 0 Å². The molecule has 0 fully saturated rings. The molecule has 0 radical (unpaired) electrons. The van der Waals surface area contributed by atoms with Gasteiger partial charge in [-0.3, -0.25) is 5.10 Å². The molecule has 4 rings (SSSR count). The van der Waals surface area contributed by atoms with Crippen molar-refractivity contribution in [2.75, 3.05) is 11.6 Å². The molecule has 0 aliphatic carbocycles. The minimum atomic E-state index is 0.643. The summed E-state index contributed by atoms with van der Waals surface area (Å²) in [5.41, 5.74) is 3.39. The van der Waals surface area contributed by atoms with Crippen molar-refractivity contribution >= 4 is 34.3 Å². The van der Waals surface area contributed by atoms with E-state index < -0.39 is 0 Å². The van der Waals surface area contributed by atoms with Gasteiger partial charge in [0.25, 0.3) is 0 Å². The predicted molar refractivity (Wildman–Crippen MR) is 94.2 cm³/mol. The fraction of sp³-hybridized carbons (Fsp3) is 0.0625. The van der Waals surface area contributed by atoms with Gasteiger partial charge in [0, 0.05) is 17.4 Å². The second kappa shape index (κ2) is 6.25. The number of nitrogens with one attached hydrogen (secondary N) is 2. The van der Waals surface area contributed by atoms with Crippen LogP contribution in [0.15, 0.2) is 53.9 Å². The lowest BCUT2D eigenvalue weighted by molar-refractivity contribution is 0.976. The first-order chi connectivity index (χ1) is 11.8. The number of thioether (sulfide) groups is 1. The van der Waals surface area contributed by atoms with Gasteiger partial charge in [0.15, 0.2) is 16.6 Å². The summed E-state index contributed by atoms with van der Waals surface area (Å²) in [6, 6.07) is 11.7. The van der Waals surface area contributed by atoms with Gasteiger partial charge in [-0.15, -0.1) is 5.10 Å². The molecule has 0 saturated heterocycles. The number of rotatable bonds is 4. The number of anilines is 2. The first-order valence-electron chi connectivity index (χ1n) is 7.24. The van der Waals surface area contributed by atoms with E-state index in [9.17, 15) is 0 Å². The molecular formula is C16H13N7S. The van der Waals surface area contributed by atoms with Gasteiger partial charge in [0.1, 0.15) is 0 Å². The number of hydrogen-bond acceptors (Lipinski definition) is 7. The molecule has 1 aromatic carbocycles. The monoisotopic (exact) mass is 335 g/mol. The number of aromatic amines is 1. The Balaban J connectivity index is 1.76. The summed E-state index contributed by atoms with van der Waals surface area (Å²) in [7, 11) is 0. The van der Waals surface area contributed by atoms with Crippen molar-refractivity contribution in [2.45, 2.75) is 5.16 Å². The van der Waals surface area contributed by atoms with Gasteiger partial charge >= 0.3 is 0 Å². The summed E-state index contributed by atoms with van der Waals surface area (Å²) in [5.74, 6) is 0.700. The van der Waals surface area contributed by atoms with Gasteiger partial charge in [0.05, 0.1) is 17.3 Å². The maximum absolute atomic E-state index is 4.58. The molecule has 0 atom stereocenters. The van der Waals surface area contributed by atoms with Crippen LogP contribution in [-0.4, -0.2) is 36.6 Å². The molecule has 0 amide bonds. The van der Waals surface area contributed by atoms with E-state index in [1.54, 1.807) is 12.4 Å². The topological polar surface area (TPSA) is 92.3 Å². The second-order valence-electron chi connectivity index (χ2n) is 4.96. The van der Waals surface area contributed by atoms with Gasteiger partial charge < -0.3 is 5.32 Å². The smallest absolute Gasteiger partial charge is 0.187 e. The van der Waals surface area contributed by atoms with Crippen molar-refractivity contribution in [1.29, 1.82) is 0 Å². The van der Waals surface area contributed by atoms with Crippen LogP contribution < -0.4 is 5.32 Å². The highest BCUT2D eigenvalue weighted by molar-refractivity contribution is 7.98. The maximum Gasteiger partial charge on any atom is 0.187 e. The molecule has 0 unspecified atom stereocenters. The Bertz CT molecular complexity index is 998. The molecule has 2 N–H and O–H groups in total. The molecule has 24 heavy (non-hydrogen) atoms. The Morgan fingerprint density at radius 2 is 2.00 bits per heavy atom. The highest BCUT2D eigenvalue weighted by Gasteiger charge is 2.11. The summed E-state index contributed by atoms with van der Waals surface area (Å²) in [6.45, 7) is 0. The minimum Gasteiger partial charge on any atom is -0.338 e. The standard InChI is InChI=1S/C16H13N7S/c1-24-16-17-8-7-13(20-16)10-4-2-3-5-12(10)19-14-11-6-9-18-21-15(11)23-22-14/h2-9H,1H3,(H2,19,21,22,23). The highest BCUT2D eigenvalue weighted by atomic mass is 32.2. The molecule has 0 spiro atoms. The van der Waals surface area contributed by atoms with Gasteiger partial charge in [-0.2, -0.15) is 10.2 Å². The van der Waals surface area contributed by atoms with E-state index in [1.165, 1.54) is 11.8 Å². The fourth-order valence-electron chi connectivity index (χ4n) is 2.40. The SMILES string of the molecule is CSc1nccc(-c2ccccc2Nc2n[nH]c3nnccc23)n1. The summed E-state index contributed by atoms with van der Waals surface area (Å²) in [6.07, 6.45) is 5.37. The lowest BCUT2D eigenvalue weighted by Gasteiger charge is -2.10. The van der Waals surface area contributed by atoms with Crippen LogP contribution in [0.2, 0.25) is 0 Å². The van der Waals surface area contributed by atoms with Crippen LogP contribution in [0.25, 0.3) is 22.3 Å². The number of hydrogen-bond donors (Lipinski definition) is 2. The van der Waals surface area contributed by atoms with E-state index in [0.717, 1.165) is 27.5 Å². The Morgan fingerprint density at radius 3 is 2.92 bits per heavy atom. The van der Waals surface area contributed by atoms with E-state index in [2.05, 4.69) is 35.7 Å². The molecular weight excluding hydrogens is 322 g/mol. The van der Waals surface area contributed by atoms with Crippen molar-refractivity contribution in [3.05, 3.63) is 48.8 Å². The molecule has 7 nitrogen and oxygen atoms in total. The van der Waals surface area contributed by atoms with E-state index >= 15 is 0 Å². The van der Waals surface area contributed by atoms with Crippen molar-refractivity contribution in [1.82, 2.24) is 30.4 Å². The second-order valence-corrected chi connectivity index (χ2v) is 5.74. The zero-order valence-electron chi connectivity index (χ0n) is 12.8. The quantitative estimate of drug-likeness (QED) is 0.437. The van der Waals surface area contributed by atoms with Crippen LogP contribution in [0.4, 0.5) is 11.5 Å². The van der Waals surface area contributed by atoms with Gasteiger partial charge in [0.2, 0.25) is 0 Å². The van der Waals surface area contributed by atoms with Crippen molar-refractivity contribution in [3.8, 4) is 11.3 Å². The molecule has 0 aliphatic rings. The molecule has 3 heterocycles. The summed E-state index contributed by atoms with van der Waals surface area (Å²) >= 11 is 1.52.